The molecule has 0 unspecified atom stereocenters. The van der Waals surface area contributed by atoms with Crippen molar-refractivity contribution in [2.45, 2.75) is 66.1 Å². The average molecular weight is 310 g/mol. The highest BCUT2D eigenvalue weighted by atomic mass is 16.5. The van der Waals surface area contributed by atoms with Crippen molar-refractivity contribution >= 4 is 5.91 Å². The fraction of sp³-hybridized carbons (Fsp3) is 0.944. The van der Waals surface area contributed by atoms with Gasteiger partial charge in [-0.3, -0.25) is 9.69 Å². The monoisotopic (exact) mass is 310 g/mol. The minimum atomic E-state index is 0.0913. The Kier molecular flexibility index (Phi) is 5.89. The Bertz CT molecular complexity index is 360. The third kappa shape index (κ3) is 5.54. The number of carbonyl (C=O) groups excluding carboxylic acids is 1. The summed E-state index contributed by atoms with van der Waals surface area (Å²) in [5.74, 6) is 1.07. The number of amides is 1. The molecule has 4 heteroatoms. The summed E-state index contributed by atoms with van der Waals surface area (Å²) < 4.78 is 5.81. The van der Waals surface area contributed by atoms with Crippen LogP contribution in [-0.4, -0.2) is 60.6 Å². The maximum absolute atomic E-state index is 12.3. The lowest BCUT2D eigenvalue weighted by Crippen LogP contribution is -2.48. The largest absolute Gasteiger partial charge is 0.373 e. The molecule has 2 rings (SSSR count). The van der Waals surface area contributed by atoms with Gasteiger partial charge in [-0.25, -0.2) is 0 Å². The van der Waals surface area contributed by atoms with Crippen LogP contribution in [0.25, 0.3) is 0 Å². The number of ether oxygens (including phenoxy) is 1. The molecule has 0 spiro atoms. The van der Waals surface area contributed by atoms with Crippen LogP contribution in [0.4, 0.5) is 0 Å². The molecule has 0 aromatic carbocycles. The standard InChI is InChI=1S/C18H34N2O2/c1-14-11-19(12-15(2)22-14)13-16-6-8-20(9-7-16)17(21)10-18(3,4)5/h14-16H,6-13H2,1-5H3/t14-,15-/m1/s1. The van der Waals surface area contributed by atoms with Crippen molar-refractivity contribution in [3.8, 4) is 0 Å². The van der Waals surface area contributed by atoms with Crippen LogP contribution < -0.4 is 0 Å². The van der Waals surface area contributed by atoms with Crippen LogP contribution >= 0.6 is 0 Å². The van der Waals surface area contributed by atoms with Crippen molar-refractivity contribution in [2.75, 3.05) is 32.7 Å². The van der Waals surface area contributed by atoms with Gasteiger partial charge < -0.3 is 9.64 Å². The predicted octanol–water partition coefficient (Wildman–Crippen LogP) is 2.77. The molecule has 0 aromatic rings. The molecule has 128 valence electrons. The first-order chi connectivity index (χ1) is 10.2. The highest BCUT2D eigenvalue weighted by Gasteiger charge is 2.29. The van der Waals surface area contributed by atoms with E-state index in [-0.39, 0.29) is 5.41 Å². The van der Waals surface area contributed by atoms with Gasteiger partial charge in [0.15, 0.2) is 0 Å². The summed E-state index contributed by atoms with van der Waals surface area (Å²) in [6, 6.07) is 0. The third-order valence-electron chi connectivity index (χ3n) is 4.66. The minimum Gasteiger partial charge on any atom is -0.373 e. The van der Waals surface area contributed by atoms with E-state index in [1.165, 1.54) is 6.54 Å². The topological polar surface area (TPSA) is 32.8 Å². The van der Waals surface area contributed by atoms with Gasteiger partial charge in [0.25, 0.3) is 0 Å². The zero-order valence-corrected chi connectivity index (χ0v) is 15.1. The van der Waals surface area contributed by atoms with Crippen LogP contribution in [0.2, 0.25) is 0 Å². The van der Waals surface area contributed by atoms with E-state index in [0.717, 1.165) is 44.9 Å². The van der Waals surface area contributed by atoms with Gasteiger partial charge in [0.2, 0.25) is 5.91 Å². The Hall–Kier alpha value is -0.610. The first kappa shape index (κ1) is 17.7. The zero-order valence-electron chi connectivity index (χ0n) is 15.1. The smallest absolute Gasteiger partial charge is 0.223 e. The molecule has 0 N–H and O–H groups in total. The molecule has 2 aliphatic rings. The summed E-state index contributed by atoms with van der Waals surface area (Å²) in [4.78, 5) is 16.9. The summed E-state index contributed by atoms with van der Waals surface area (Å²) in [6.45, 7) is 15.9. The Morgan fingerprint density at radius 1 is 1.09 bits per heavy atom. The van der Waals surface area contributed by atoms with Crippen molar-refractivity contribution in [1.82, 2.24) is 9.80 Å². The van der Waals surface area contributed by atoms with E-state index >= 15 is 0 Å². The second-order valence-electron chi connectivity index (χ2n) is 8.54. The lowest BCUT2D eigenvalue weighted by atomic mass is 9.90. The van der Waals surface area contributed by atoms with Crippen molar-refractivity contribution in [3.63, 3.8) is 0 Å². The van der Waals surface area contributed by atoms with Crippen LogP contribution in [0.3, 0.4) is 0 Å². The molecule has 2 aliphatic heterocycles. The van der Waals surface area contributed by atoms with Gasteiger partial charge >= 0.3 is 0 Å². The Balaban J connectivity index is 1.74. The van der Waals surface area contributed by atoms with Crippen molar-refractivity contribution in [3.05, 3.63) is 0 Å². The van der Waals surface area contributed by atoms with Gasteiger partial charge in [-0.1, -0.05) is 20.8 Å². The minimum absolute atomic E-state index is 0.0913. The fourth-order valence-electron chi connectivity index (χ4n) is 3.73. The number of likely N-dealkylation sites (tertiary alicyclic amines) is 1. The van der Waals surface area contributed by atoms with Crippen LogP contribution in [0, 0.1) is 11.3 Å². The van der Waals surface area contributed by atoms with Gasteiger partial charge in [0, 0.05) is 39.1 Å². The fourth-order valence-corrected chi connectivity index (χ4v) is 3.73. The number of hydrogen-bond donors (Lipinski definition) is 0. The van der Waals surface area contributed by atoms with Gasteiger partial charge in [0.1, 0.15) is 0 Å². The quantitative estimate of drug-likeness (QED) is 0.803. The molecule has 1 amide bonds. The Morgan fingerprint density at radius 2 is 1.64 bits per heavy atom. The van der Waals surface area contributed by atoms with Crippen molar-refractivity contribution < 1.29 is 9.53 Å². The highest BCUT2D eigenvalue weighted by Crippen LogP contribution is 2.24. The lowest BCUT2D eigenvalue weighted by molar-refractivity contribution is -0.134. The van der Waals surface area contributed by atoms with Gasteiger partial charge in [-0.15, -0.1) is 0 Å². The van der Waals surface area contributed by atoms with Crippen molar-refractivity contribution in [1.29, 1.82) is 0 Å². The molecule has 2 atom stereocenters. The number of morpholine rings is 1. The van der Waals surface area contributed by atoms with Crippen LogP contribution in [0.1, 0.15) is 53.9 Å². The molecule has 2 saturated heterocycles. The lowest BCUT2D eigenvalue weighted by Gasteiger charge is -2.39. The molecular formula is C18H34N2O2. The van der Waals surface area contributed by atoms with E-state index in [4.69, 9.17) is 4.74 Å². The molecule has 0 aliphatic carbocycles. The molecule has 0 bridgehead atoms. The molecule has 2 fully saturated rings. The summed E-state index contributed by atoms with van der Waals surface area (Å²) in [5.41, 5.74) is 0.0913. The summed E-state index contributed by atoms with van der Waals surface area (Å²) in [5, 5.41) is 0. The Labute approximate surface area is 136 Å². The van der Waals surface area contributed by atoms with E-state index in [0.29, 0.717) is 24.5 Å². The molecule has 0 saturated carbocycles. The Morgan fingerprint density at radius 3 is 2.14 bits per heavy atom. The van der Waals surface area contributed by atoms with Crippen LogP contribution in [0.5, 0.6) is 0 Å². The van der Waals surface area contributed by atoms with E-state index < -0.39 is 0 Å². The van der Waals surface area contributed by atoms with Crippen molar-refractivity contribution in [2.24, 2.45) is 11.3 Å². The predicted molar refractivity (Wildman–Crippen MR) is 89.8 cm³/mol. The van der Waals surface area contributed by atoms with Crippen LogP contribution in [-0.2, 0) is 9.53 Å². The first-order valence-electron chi connectivity index (χ1n) is 8.88. The van der Waals surface area contributed by atoms with E-state index in [1.807, 2.05) is 0 Å². The number of nitrogens with zero attached hydrogens (tertiary/aromatic N) is 2. The van der Waals surface area contributed by atoms with Gasteiger partial charge in [-0.05, 0) is 38.0 Å². The van der Waals surface area contributed by atoms with Crippen LogP contribution in [0.15, 0.2) is 0 Å². The molecule has 0 aromatic heterocycles. The maximum Gasteiger partial charge on any atom is 0.223 e. The SMILES string of the molecule is C[C@@H]1CN(CC2CCN(C(=O)CC(C)(C)C)CC2)C[C@@H](C)O1. The van der Waals surface area contributed by atoms with E-state index in [1.54, 1.807) is 0 Å². The zero-order chi connectivity index (χ0) is 16.3. The van der Waals surface area contributed by atoms with Gasteiger partial charge in [-0.2, -0.15) is 0 Å². The number of carbonyl (C=O) groups is 1. The number of rotatable bonds is 3. The second kappa shape index (κ2) is 7.31. The molecule has 0 radical (unpaired) electrons. The first-order valence-corrected chi connectivity index (χ1v) is 8.88. The molecule has 22 heavy (non-hydrogen) atoms. The normalized spacial score (nSPS) is 28.9. The number of piperidine rings is 1. The average Bonchev–Trinajstić information content (AvgIpc) is 2.36. The maximum atomic E-state index is 12.3. The van der Waals surface area contributed by atoms with E-state index in [9.17, 15) is 4.79 Å². The summed E-state index contributed by atoms with van der Waals surface area (Å²) in [7, 11) is 0. The van der Waals surface area contributed by atoms with E-state index in [2.05, 4.69) is 44.4 Å². The number of hydrogen-bond acceptors (Lipinski definition) is 3. The van der Waals surface area contributed by atoms with Gasteiger partial charge in [0.05, 0.1) is 12.2 Å². The second-order valence-corrected chi connectivity index (χ2v) is 8.54. The summed E-state index contributed by atoms with van der Waals surface area (Å²) >= 11 is 0. The third-order valence-corrected chi connectivity index (χ3v) is 4.66. The molecule has 4 nitrogen and oxygen atoms in total. The highest BCUT2D eigenvalue weighted by molar-refractivity contribution is 5.76. The summed E-state index contributed by atoms with van der Waals surface area (Å²) in [6.07, 6.45) is 3.65. The molecule has 2 heterocycles. The molecular weight excluding hydrogens is 276 g/mol.